The summed E-state index contributed by atoms with van der Waals surface area (Å²) in [4.78, 5) is 10.9. The van der Waals surface area contributed by atoms with Crippen LogP contribution in [0.2, 0.25) is 0 Å². The monoisotopic (exact) mass is 320 g/mol. The average Bonchev–Trinajstić information content (AvgIpc) is 3.18. The lowest BCUT2D eigenvalue weighted by Crippen LogP contribution is -2.46. The van der Waals surface area contributed by atoms with Crippen molar-refractivity contribution in [2.75, 3.05) is 26.2 Å². The van der Waals surface area contributed by atoms with Crippen molar-refractivity contribution in [1.29, 1.82) is 0 Å². The van der Waals surface area contributed by atoms with Crippen molar-refractivity contribution in [1.82, 2.24) is 19.9 Å². The van der Waals surface area contributed by atoms with Crippen molar-refractivity contribution in [3.8, 4) is 0 Å². The van der Waals surface area contributed by atoms with Crippen LogP contribution in [0, 0.1) is 0 Å². The lowest BCUT2D eigenvalue weighted by Gasteiger charge is -2.36. The first-order valence-corrected chi connectivity index (χ1v) is 8.83. The fourth-order valence-electron chi connectivity index (χ4n) is 2.74. The Bertz CT molecular complexity index is 573. The first-order valence-electron chi connectivity index (χ1n) is 7.95. The Kier molecular flexibility index (Phi) is 4.90. The fraction of sp³-hybridized carbons (Fsp3) is 0.625. The summed E-state index contributed by atoms with van der Waals surface area (Å²) in [6, 6.07) is 4.54. The summed E-state index contributed by atoms with van der Waals surface area (Å²) < 4.78 is 5.44. The average molecular weight is 320 g/mol. The van der Waals surface area contributed by atoms with E-state index < -0.39 is 0 Å². The molecule has 0 saturated carbocycles. The van der Waals surface area contributed by atoms with Crippen LogP contribution in [-0.4, -0.2) is 46.1 Å². The minimum Gasteiger partial charge on any atom is -0.338 e. The number of piperazine rings is 1. The highest BCUT2D eigenvalue weighted by atomic mass is 32.1. The number of hydrogen-bond donors (Lipinski definition) is 0. The van der Waals surface area contributed by atoms with E-state index in [4.69, 9.17) is 4.52 Å². The Balaban J connectivity index is 1.53. The molecule has 1 saturated heterocycles. The van der Waals surface area contributed by atoms with Gasteiger partial charge in [-0.25, -0.2) is 0 Å². The zero-order chi connectivity index (χ0) is 15.5. The van der Waals surface area contributed by atoms with E-state index in [9.17, 15) is 0 Å². The molecule has 0 bridgehead atoms. The van der Waals surface area contributed by atoms with Gasteiger partial charge in [-0.15, -0.1) is 11.3 Å². The highest BCUT2D eigenvalue weighted by Crippen LogP contribution is 2.22. The van der Waals surface area contributed by atoms with Crippen LogP contribution in [0.25, 0.3) is 0 Å². The van der Waals surface area contributed by atoms with E-state index in [0.717, 1.165) is 44.4 Å². The topological polar surface area (TPSA) is 45.4 Å². The molecule has 2 aromatic heterocycles. The maximum absolute atomic E-state index is 5.44. The molecule has 0 N–H and O–H groups in total. The maximum atomic E-state index is 5.44. The van der Waals surface area contributed by atoms with E-state index in [1.165, 1.54) is 4.88 Å². The molecule has 0 radical (unpaired) electrons. The number of rotatable bonds is 5. The van der Waals surface area contributed by atoms with Gasteiger partial charge in [-0.3, -0.25) is 9.80 Å². The van der Waals surface area contributed by atoms with E-state index in [-0.39, 0.29) is 6.04 Å². The van der Waals surface area contributed by atoms with E-state index in [1.54, 1.807) is 0 Å². The lowest BCUT2D eigenvalue weighted by molar-refractivity contribution is 0.0850. The Labute approximate surface area is 135 Å². The number of hydrogen-bond acceptors (Lipinski definition) is 6. The molecular weight excluding hydrogens is 296 g/mol. The number of aromatic nitrogens is 2. The highest BCUT2D eigenvalue weighted by molar-refractivity contribution is 7.09. The molecule has 0 spiro atoms. The zero-order valence-corrected chi connectivity index (χ0v) is 14.3. The molecule has 0 aliphatic carbocycles. The number of thiophene rings is 1. The van der Waals surface area contributed by atoms with Crippen molar-refractivity contribution in [2.24, 2.45) is 0 Å². The van der Waals surface area contributed by atoms with Gasteiger partial charge in [0, 0.05) is 43.5 Å². The van der Waals surface area contributed by atoms with Crippen LogP contribution in [0.1, 0.15) is 49.3 Å². The highest BCUT2D eigenvalue weighted by Gasteiger charge is 2.26. The summed E-state index contributed by atoms with van der Waals surface area (Å²) in [5, 5.41) is 6.22. The van der Waals surface area contributed by atoms with Crippen molar-refractivity contribution >= 4 is 11.3 Å². The molecule has 1 aliphatic rings. The minimum atomic E-state index is 0.198. The van der Waals surface area contributed by atoms with Gasteiger partial charge in [0.05, 0.1) is 6.04 Å². The summed E-state index contributed by atoms with van der Waals surface area (Å²) in [6.07, 6.45) is 0. The summed E-state index contributed by atoms with van der Waals surface area (Å²) in [6.45, 7) is 11.7. The molecule has 1 atom stereocenters. The maximum Gasteiger partial charge on any atom is 0.243 e. The Hall–Kier alpha value is -1.24. The first-order chi connectivity index (χ1) is 10.6. The molecule has 120 valence electrons. The smallest absolute Gasteiger partial charge is 0.243 e. The first kappa shape index (κ1) is 15.6. The van der Waals surface area contributed by atoms with Crippen LogP contribution in [-0.2, 0) is 6.54 Å². The molecule has 1 aliphatic heterocycles. The SMILES string of the molecule is CC(C)c1noc([C@@H](C)N2CCN(Cc3cccs3)CC2)n1. The van der Waals surface area contributed by atoms with Crippen LogP contribution >= 0.6 is 11.3 Å². The van der Waals surface area contributed by atoms with Gasteiger partial charge in [0.25, 0.3) is 0 Å². The number of nitrogens with zero attached hydrogens (tertiary/aromatic N) is 4. The summed E-state index contributed by atoms with van der Waals surface area (Å²) in [5.74, 6) is 1.86. The zero-order valence-electron chi connectivity index (χ0n) is 13.5. The van der Waals surface area contributed by atoms with Gasteiger partial charge in [-0.2, -0.15) is 4.98 Å². The lowest BCUT2D eigenvalue weighted by atomic mass is 10.2. The van der Waals surface area contributed by atoms with E-state index in [2.05, 4.69) is 58.2 Å². The van der Waals surface area contributed by atoms with Crippen LogP contribution in [0.5, 0.6) is 0 Å². The van der Waals surface area contributed by atoms with Crippen LogP contribution in [0.15, 0.2) is 22.0 Å². The van der Waals surface area contributed by atoms with E-state index in [0.29, 0.717) is 5.92 Å². The third-order valence-electron chi connectivity index (χ3n) is 4.25. The standard InChI is InChI=1S/C16H24N4OS/c1-12(2)15-17-16(21-18-15)13(3)20-8-6-19(7-9-20)11-14-5-4-10-22-14/h4-5,10,12-13H,6-9,11H2,1-3H3/t13-/m1/s1. The molecule has 0 unspecified atom stereocenters. The Morgan fingerprint density at radius 3 is 2.59 bits per heavy atom. The normalized spacial score (nSPS) is 18.9. The molecule has 0 aromatic carbocycles. The van der Waals surface area contributed by atoms with Gasteiger partial charge in [-0.1, -0.05) is 25.1 Å². The fourth-order valence-corrected chi connectivity index (χ4v) is 3.49. The Morgan fingerprint density at radius 1 is 1.23 bits per heavy atom. The van der Waals surface area contributed by atoms with E-state index >= 15 is 0 Å². The molecule has 1 fully saturated rings. The van der Waals surface area contributed by atoms with Gasteiger partial charge in [0.1, 0.15) is 0 Å². The quantitative estimate of drug-likeness (QED) is 0.847. The summed E-state index contributed by atoms with van der Waals surface area (Å²) in [5.41, 5.74) is 0. The van der Waals surface area contributed by atoms with Crippen molar-refractivity contribution in [2.45, 2.75) is 39.3 Å². The second-order valence-corrected chi connectivity index (χ2v) is 7.25. The van der Waals surface area contributed by atoms with Gasteiger partial charge in [0.2, 0.25) is 5.89 Å². The molecule has 5 nitrogen and oxygen atoms in total. The molecule has 2 aromatic rings. The van der Waals surface area contributed by atoms with Gasteiger partial charge < -0.3 is 4.52 Å². The molecule has 6 heteroatoms. The van der Waals surface area contributed by atoms with Crippen molar-refractivity contribution < 1.29 is 4.52 Å². The molecule has 3 heterocycles. The van der Waals surface area contributed by atoms with Gasteiger partial charge >= 0.3 is 0 Å². The molecule has 0 amide bonds. The van der Waals surface area contributed by atoms with Crippen LogP contribution < -0.4 is 0 Å². The molecular formula is C16H24N4OS. The van der Waals surface area contributed by atoms with Crippen LogP contribution in [0.3, 0.4) is 0 Å². The van der Waals surface area contributed by atoms with Gasteiger partial charge in [0.15, 0.2) is 5.82 Å². The Morgan fingerprint density at radius 2 is 2.00 bits per heavy atom. The second-order valence-electron chi connectivity index (χ2n) is 6.21. The largest absolute Gasteiger partial charge is 0.338 e. The van der Waals surface area contributed by atoms with Crippen molar-refractivity contribution in [3.63, 3.8) is 0 Å². The summed E-state index contributed by atoms with van der Waals surface area (Å²) in [7, 11) is 0. The minimum absolute atomic E-state index is 0.198. The second kappa shape index (κ2) is 6.89. The van der Waals surface area contributed by atoms with Gasteiger partial charge in [-0.05, 0) is 18.4 Å². The van der Waals surface area contributed by atoms with E-state index in [1.807, 2.05) is 11.3 Å². The molecule has 22 heavy (non-hydrogen) atoms. The van der Waals surface area contributed by atoms with Crippen molar-refractivity contribution in [3.05, 3.63) is 34.1 Å². The predicted molar refractivity (Wildman–Crippen MR) is 88.0 cm³/mol. The third-order valence-corrected chi connectivity index (χ3v) is 5.11. The van der Waals surface area contributed by atoms with Crippen LogP contribution in [0.4, 0.5) is 0 Å². The predicted octanol–water partition coefficient (Wildman–Crippen LogP) is 3.13. The summed E-state index contributed by atoms with van der Waals surface area (Å²) >= 11 is 1.84. The molecule has 3 rings (SSSR count). The third kappa shape index (κ3) is 3.56.